The van der Waals surface area contributed by atoms with Crippen molar-refractivity contribution in [3.05, 3.63) is 35.4 Å². The summed E-state index contributed by atoms with van der Waals surface area (Å²) in [6, 6.07) is 9.82. The van der Waals surface area contributed by atoms with E-state index in [0.717, 1.165) is 0 Å². The first-order valence-electron chi connectivity index (χ1n) is 6.72. The fourth-order valence-corrected chi connectivity index (χ4v) is 2.52. The summed E-state index contributed by atoms with van der Waals surface area (Å²) in [6.45, 7) is 3.42. The Morgan fingerprint density at radius 2 is 1.94 bits per heavy atom. The van der Waals surface area contributed by atoms with E-state index in [1.807, 2.05) is 0 Å². The van der Waals surface area contributed by atoms with Crippen LogP contribution in [-0.2, 0) is 6.42 Å². The lowest BCUT2D eigenvalue weighted by molar-refractivity contribution is 0.534. The number of nitrogens with one attached hydrogen (secondary N) is 1. The van der Waals surface area contributed by atoms with Gasteiger partial charge in [0.25, 0.3) is 0 Å². The molecule has 1 heteroatoms. The minimum Gasteiger partial charge on any atom is -0.310 e. The highest BCUT2D eigenvalue weighted by atomic mass is 14.9. The highest BCUT2D eigenvalue weighted by Crippen LogP contribution is 2.23. The number of hydrogen-bond acceptors (Lipinski definition) is 1. The van der Waals surface area contributed by atoms with Crippen LogP contribution in [0.2, 0.25) is 0 Å². The Bertz CT molecular complexity index is 294. The van der Waals surface area contributed by atoms with Crippen molar-refractivity contribution in [1.29, 1.82) is 0 Å². The first-order valence-corrected chi connectivity index (χ1v) is 6.72. The quantitative estimate of drug-likeness (QED) is 0.811. The van der Waals surface area contributed by atoms with Crippen molar-refractivity contribution in [2.75, 3.05) is 6.54 Å². The minimum absolute atomic E-state index is 0.596. The molecule has 0 aromatic heterocycles. The minimum atomic E-state index is 0.596. The smallest absolute Gasteiger partial charge is 0.0320 e. The number of rotatable bonds is 3. The maximum atomic E-state index is 3.65. The van der Waals surface area contributed by atoms with Gasteiger partial charge in [-0.25, -0.2) is 0 Å². The molecule has 1 aliphatic heterocycles. The molecule has 88 valence electrons. The van der Waals surface area contributed by atoms with Gasteiger partial charge in [0.15, 0.2) is 0 Å². The Labute approximate surface area is 99.3 Å². The lowest BCUT2D eigenvalue weighted by atomic mass is 10.00. The highest BCUT2D eigenvalue weighted by Gasteiger charge is 2.12. The molecule has 0 aliphatic carbocycles. The summed E-state index contributed by atoms with van der Waals surface area (Å²) in [5.41, 5.74) is 2.95. The lowest BCUT2D eigenvalue weighted by Crippen LogP contribution is -2.20. The molecule has 1 unspecified atom stereocenters. The van der Waals surface area contributed by atoms with E-state index >= 15 is 0 Å². The monoisotopic (exact) mass is 217 g/mol. The van der Waals surface area contributed by atoms with E-state index in [2.05, 4.69) is 36.5 Å². The van der Waals surface area contributed by atoms with Crippen molar-refractivity contribution in [3.8, 4) is 0 Å². The second-order valence-corrected chi connectivity index (χ2v) is 4.85. The molecule has 1 N–H and O–H groups in total. The summed E-state index contributed by atoms with van der Waals surface area (Å²) < 4.78 is 0. The first-order chi connectivity index (χ1) is 7.90. The van der Waals surface area contributed by atoms with Crippen LogP contribution >= 0.6 is 0 Å². The molecule has 1 aromatic rings. The zero-order chi connectivity index (χ0) is 11.2. The number of hydrogen-bond donors (Lipinski definition) is 1. The van der Waals surface area contributed by atoms with E-state index in [9.17, 15) is 0 Å². The summed E-state index contributed by atoms with van der Waals surface area (Å²) in [6.07, 6.45) is 7.84. The fourth-order valence-electron chi connectivity index (χ4n) is 2.52. The topological polar surface area (TPSA) is 12.0 Å². The van der Waals surface area contributed by atoms with Crippen LogP contribution in [0.5, 0.6) is 0 Å². The van der Waals surface area contributed by atoms with Gasteiger partial charge in [0.2, 0.25) is 0 Å². The van der Waals surface area contributed by atoms with Crippen LogP contribution < -0.4 is 5.32 Å². The predicted molar refractivity (Wildman–Crippen MR) is 69.6 cm³/mol. The molecule has 1 nitrogen and oxygen atoms in total. The molecule has 1 aliphatic rings. The molecule has 16 heavy (non-hydrogen) atoms. The third-order valence-corrected chi connectivity index (χ3v) is 3.48. The SMILES string of the molecule is CCCc1ccc(C2CCCCCN2)cc1. The Morgan fingerprint density at radius 1 is 1.12 bits per heavy atom. The van der Waals surface area contributed by atoms with E-state index in [1.165, 1.54) is 56.2 Å². The third kappa shape index (κ3) is 3.08. The van der Waals surface area contributed by atoms with Gasteiger partial charge in [0, 0.05) is 6.04 Å². The molecule has 1 aromatic carbocycles. The van der Waals surface area contributed by atoms with E-state index in [1.54, 1.807) is 0 Å². The van der Waals surface area contributed by atoms with Crippen LogP contribution in [-0.4, -0.2) is 6.54 Å². The molecule has 1 saturated heterocycles. The largest absolute Gasteiger partial charge is 0.310 e. The predicted octanol–water partition coefficient (Wildman–Crippen LogP) is 3.84. The maximum absolute atomic E-state index is 3.65. The van der Waals surface area contributed by atoms with Gasteiger partial charge < -0.3 is 5.32 Å². The normalized spacial score (nSPS) is 21.7. The maximum Gasteiger partial charge on any atom is 0.0320 e. The van der Waals surface area contributed by atoms with Crippen molar-refractivity contribution < 1.29 is 0 Å². The molecule has 1 heterocycles. The van der Waals surface area contributed by atoms with Crippen LogP contribution in [0.4, 0.5) is 0 Å². The van der Waals surface area contributed by atoms with E-state index < -0.39 is 0 Å². The summed E-state index contributed by atoms with van der Waals surface area (Å²) in [5, 5.41) is 3.65. The molecule has 2 rings (SSSR count). The van der Waals surface area contributed by atoms with Gasteiger partial charge in [-0.1, -0.05) is 50.5 Å². The molecule has 0 bridgehead atoms. The fraction of sp³-hybridized carbons (Fsp3) is 0.600. The van der Waals surface area contributed by atoms with Crippen molar-refractivity contribution in [3.63, 3.8) is 0 Å². The van der Waals surface area contributed by atoms with Gasteiger partial charge in [-0.05, 0) is 36.9 Å². The summed E-state index contributed by atoms with van der Waals surface area (Å²) in [5.74, 6) is 0. The second kappa shape index (κ2) is 6.05. The van der Waals surface area contributed by atoms with Crippen molar-refractivity contribution in [1.82, 2.24) is 5.32 Å². The molecule has 1 atom stereocenters. The number of benzene rings is 1. The highest BCUT2D eigenvalue weighted by molar-refractivity contribution is 5.25. The van der Waals surface area contributed by atoms with Crippen LogP contribution in [0, 0.1) is 0 Å². The molecule has 1 fully saturated rings. The van der Waals surface area contributed by atoms with Gasteiger partial charge >= 0.3 is 0 Å². The molecule has 0 saturated carbocycles. The van der Waals surface area contributed by atoms with E-state index in [-0.39, 0.29) is 0 Å². The average Bonchev–Trinajstić information content (AvgIpc) is 2.59. The summed E-state index contributed by atoms with van der Waals surface area (Å²) in [7, 11) is 0. The Morgan fingerprint density at radius 3 is 2.69 bits per heavy atom. The molecular weight excluding hydrogens is 194 g/mol. The van der Waals surface area contributed by atoms with Gasteiger partial charge in [0.05, 0.1) is 0 Å². The third-order valence-electron chi connectivity index (χ3n) is 3.48. The van der Waals surface area contributed by atoms with Crippen LogP contribution in [0.1, 0.15) is 56.2 Å². The average molecular weight is 217 g/mol. The standard InChI is InChI=1S/C15H23N/c1-2-6-13-8-10-14(11-9-13)15-7-4-3-5-12-16-15/h8-11,15-16H,2-7,12H2,1H3. The lowest BCUT2D eigenvalue weighted by Gasteiger charge is -2.16. The van der Waals surface area contributed by atoms with Gasteiger partial charge in [0.1, 0.15) is 0 Å². The van der Waals surface area contributed by atoms with Crippen molar-refractivity contribution >= 4 is 0 Å². The molecule has 0 spiro atoms. The summed E-state index contributed by atoms with van der Waals surface area (Å²) >= 11 is 0. The molecule has 0 amide bonds. The Hall–Kier alpha value is -0.820. The van der Waals surface area contributed by atoms with Crippen molar-refractivity contribution in [2.45, 2.75) is 51.5 Å². The van der Waals surface area contributed by atoms with Gasteiger partial charge in [-0.15, -0.1) is 0 Å². The number of aryl methyl sites for hydroxylation is 1. The molecular formula is C15H23N. The van der Waals surface area contributed by atoms with Crippen molar-refractivity contribution in [2.24, 2.45) is 0 Å². The molecule has 0 radical (unpaired) electrons. The Kier molecular flexibility index (Phi) is 4.41. The van der Waals surface area contributed by atoms with Crippen LogP contribution in [0.3, 0.4) is 0 Å². The van der Waals surface area contributed by atoms with E-state index in [4.69, 9.17) is 0 Å². The zero-order valence-corrected chi connectivity index (χ0v) is 10.3. The van der Waals surface area contributed by atoms with E-state index in [0.29, 0.717) is 6.04 Å². The summed E-state index contributed by atoms with van der Waals surface area (Å²) in [4.78, 5) is 0. The Balaban J connectivity index is 2.01. The van der Waals surface area contributed by atoms with Crippen LogP contribution in [0.25, 0.3) is 0 Å². The van der Waals surface area contributed by atoms with Gasteiger partial charge in [-0.2, -0.15) is 0 Å². The van der Waals surface area contributed by atoms with Crippen LogP contribution in [0.15, 0.2) is 24.3 Å². The first kappa shape index (κ1) is 11.7. The van der Waals surface area contributed by atoms with Gasteiger partial charge in [-0.3, -0.25) is 0 Å². The second-order valence-electron chi connectivity index (χ2n) is 4.85. The zero-order valence-electron chi connectivity index (χ0n) is 10.3.